The van der Waals surface area contributed by atoms with Crippen molar-refractivity contribution in [3.8, 4) is 11.8 Å². The van der Waals surface area contributed by atoms with Crippen molar-refractivity contribution < 1.29 is 29.1 Å². The summed E-state index contributed by atoms with van der Waals surface area (Å²) in [6, 6.07) is 0. The largest absolute Gasteiger partial charge is 0.300 e. The van der Waals surface area contributed by atoms with Crippen molar-refractivity contribution in [2.75, 3.05) is 0 Å². The van der Waals surface area contributed by atoms with E-state index in [1.165, 1.54) is 13.8 Å². The molecule has 0 aliphatic heterocycles. The van der Waals surface area contributed by atoms with Crippen molar-refractivity contribution in [2.24, 2.45) is 0 Å². The fourth-order valence-corrected chi connectivity index (χ4v) is 2.03. The maximum atomic E-state index is 11.2. The van der Waals surface area contributed by atoms with Crippen LogP contribution in [0.5, 0.6) is 0 Å². The molecule has 150 valence electrons. The third kappa shape index (κ3) is 12.2. The molecule has 0 bridgehead atoms. The predicted octanol–water partition coefficient (Wildman–Crippen LogP) is 3.96. The van der Waals surface area contributed by atoms with Crippen molar-refractivity contribution in [3.63, 3.8) is 0 Å². The first kappa shape index (κ1) is 24.7. The molecular formula is C20H34O6. The number of carbonyl (C=O) groups excluding carboxylic acids is 2. The van der Waals surface area contributed by atoms with Crippen LogP contribution in [0.15, 0.2) is 0 Å². The van der Waals surface area contributed by atoms with Gasteiger partial charge >= 0.3 is 0 Å². The van der Waals surface area contributed by atoms with Crippen LogP contribution in [0.1, 0.15) is 82.1 Å². The van der Waals surface area contributed by atoms with Crippen LogP contribution in [0.3, 0.4) is 0 Å². The Morgan fingerprint density at radius 1 is 0.615 bits per heavy atom. The van der Waals surface area contributed by atoms with E-state index in [-0.39, 0.29) is 24.4 Å². The Morgan fingerprint density at radius 3 is 1.12 bits per heavy atom. The summed E-state index contributed by atoms with van der Waals surface area (Å²) in [5.41, 5.74) is -3.31. The minimum absolute atomic E-state index is 0.0161. The zero-order valence-corrected chi connectivity index (χ0v) is 17.9. The Labute approximate surface area is 157 Å². The van der Waals surface area contributed by atoms with Crippen LogP contribution in [0.4, 0.5) is 0 Å². The van der Waals surface area contributed by atoms with Gasteiger partial charge in [-0.25, -0.2) is 19.6 Å². The highest BCUT2D eigenvalue weighted by Gasteiger charge is 2.29. The normalized spacial score (nSPS) is 13.2. The van der Waals surface area contributed by atoms with Crippen molar-refractivity contribution in [2.45, 2.75) is 104 Å². The van der Waals surface area contributed by atoms with E-state index in [0.29, 0.717) is 0 Å². The van der Waals surface area contributed by atoms with E-state index in [4.69, 9.17) is 19.6 Å². The van der Waals surface area contributed by atoms with Gasteiger partial charge < -0.3 is 0 Å². The molecule has 0 heterocycles. The van der Waals surface area contributed by atoms with Crippen LogP contribution in [0.25, 0.3) is 0 Å². The maximum absolute atomic E-state index is 11.2. The van der Waals surface area contributed by atoms with Crippen LogP contribution < -0.4 is 0 Å². The third-order valence-electron chi connectivity index (χ3n) is 2.97. The van der Waals surface area contributed by atoms with Gasteiger partial charge in [-0.2, -0.15) is 0 Å². The lowest BCUT2D eigenvalue weighted by Gasteiger charge is -2.28. The molecule has 0 aromatic heterocycles. The molecule has 0 radical (unpaired) electrons. The fourth-order valence-electron chi connectivity index (χ4n) is 2.03. The van der Waals surface area contributed by atoms with Gasteiger partial charge in [0.25, 0.3) is 0 Å². The Balaban J connectivity index is 4.80. The zero-order chi connectivity index (χ0) is 20.8. The first-order valence-electron chi connectivity index (χ1n) is 8.72. The highest BCUT2D eigenvalue weighted by atomic mass is 17.2. The zero-order valence-electron chi connectivity index (χ0n) is 17.9. The average molecular weight is 370 g/mol. The molecule has 6 heteroatoms. The highest BCUT2D eigenvalue weighted by Crippen LogP contribution is 2.22. The Kier molecular flexibility index (Phi) is 8.65. The molecule has 0 aromatic carbocycles. The minimum atomic E-state index is -0.913. The second-order valence-corrected chi connectivity index (χ2v) is 8.88. The van der Waals surface area contributed by atoms with Gasteiger partial charge in [-0.3, -0.25) is 9.59 Å². The van der Waals surface area contributed by atoms with Crippen molar-refractivity contribution in [1.82, 2.24) is 0 Å². The van der Waals surface area contributed by atoms with Crippen LogP contribution in [0, 0.1) is 11.8 Å². The van der Waals surface area contributed by atoms with Gasteiger partial charge in [0.2, 0.25) is 0 Å². The number of rotatable bonds is 10. The van der Waals surface area contributed by atoms with E-state index in [9.17, 15) is 9.59 Å². The van der Waals surface area contributed by atoms with E-state index in [1.807, 2.05) is 0 Å². The molecule has 0 rings (SSSR count). The average Bonchev–Trinajstić information content (AvgIpc) is 2.39. The topological polar surface area (TPSA) is 71.1 Å². The minimum Gasteiger partial charge on any atom is -0.300 e. The van der Waals surface area contributed by atoms with Crippen LogP contribution in [-0.2, 0) is 29.1 Å². The molecule has 0 unspecified atom stereocenters. The van der Waals surface area contributed by atoms with E-state index in [2.05, 4.69) is 11.8 Å². The van der Waals surface area contributed by atoms with E-state index in [0.717, 1.165) is 0 Å². The second kappa shape index (κ2) is 9.09. The number of Topliss-reactive ketones (excluding diaryl/α,β-unsaturated/α-hetero) is 2. The molecule has 0 spiro atoms. The van der Waals surface area contributed by atoms with Gasteiger partial charge in [-0.1, -0.05) is 11.8 Å². The van der Waals surface area contributed by atoms with Gasteiger partial charge in [0.15, 0.2) is 11.2 Å². The molecule has 6 nitrogen and oxygen atoms in total. The Bertz CT molecular complexity index is 513. The summed E-state index contributed by atoms with van der Waals surface area (Å²) in [6.07, 6.45) is 0.481. The predicted molar refractivity (Wildman–Crippen MR) is 99.0 cm³/mol. The summed E-state index contributed by atoms with van der Waals surface area (Å²) in [4.78, 5) is 44.1. The van der Waals surface area contributed by atoms with Gasteiger partial charge in [0.1, 0.15) is 22.8 Å². The number of carbonyl (C=O) groups is 2. The monoisotopic (exact) mass is 370 g/mol. The Morgan fingerprint density at radius 2 is 0.885 bits per heavy atom. The van der Waals surface area contributed by atoms with E-state index in [1.54, 1.807) is 55.4 Å². The molecular weight excluding hydrogens is 336 g/mol. The van der Waals surface area contributed by atoms with E-state index < -0.39 is 22.4 Å². The third-order valence-corrected chi connectivity index (χ3v) is 2.97. The molecule has 0 aliphatic rings. The van der Waals surface area contributed by atoms with Crippen LogP contribution in [-0.4, -0.2) is 34.0 Å². The summed E-state index contributed by atoms with van der Waals surface area (Å²) in [5.74, 6) is 5.93. The molecule has 0 saturated heterocycles. The Hall–Kier alpha value is -1.26. The lowest BCUT2D eigenvalue weighted by Crippen LogP contribution is -2.35. The summed E-state index contributed by atoms with van der Waals surface area (Å²) in [5, 5.41) is 0. The van der Waals surface area contributed by atoms with Gasteiger partial charge in [0.05, 0.1) is 0 Å². The molecule has 0 saturated carbocycles. The molecule has 0 atom stereocenters. The summed E-state index contributed by atoms with van der Waals surface area (Å²) in [7, 11) is 0. The van der Waals surface area contributed by atoms with Crippen LogP contribution in [0.2, 0.25) is 0 Å². The maximum Gasteiger partial charge on any atom is 0.158 e. The lowest BCUT2D eigenvalue weighted by atomic mass is 10.0. The number of hydrogen-bond donors (Lipinski definition) is 0. The molecule has 0 fully saturated rings. The fraction of sp³-hybridized carbons (Fsp3) is 0.800. The lowest BCUT2D eigenvalue weighted by molar-refractivity contribution is -0.390. The standard InChI is InChI=1S/C20H34O6/c1-15(21)13-19(7,8)25-23-17(3,4)11-12-18(5,6)24-26-20(9,10)14-16(2)22/h13-14H2,1-10H3. The molecule has 0 N–H and O–H groups in total. The molecule has 0 amide bonds. The van der Waals surface area contributed by atoms with Crippen molar-refractivity contribution in [1.29, 1.82) is 0 Å². The SMILES string of the molecule is CC(=O)CC(C)(C)OOC(C)(C)C#CC(C)(C)OOC(C)(C)CC(C)=O. The molecule has 0 aliphatic carbocycles. The van der Waals surface area contributed by atoms with Gasteiger partial charge in [-0.05, 0) is 69.2 Å². The van der Waals surface area contributed by atoms with Crippen LogP contribution >= 0.6 is 0 Å². The first-order valence-corrected chi connectivity index (χ1v) is 8.72. The van der Waals surface area contributed by atoms with E-state index >= 15 is 0 Å². The molecule has 0 aromatic rings. The van der Waals surface area contributed by atoms with Crippen molar-refractivity contribution >= 4 is 11.6 Å². The first-order chi connectivity index (χ1) is 11.5. The molecule has 26 heavy (non-hydrogen) atoms. The van der Waals surface area contributed by atoms with Gasteiger partial charge in [-0.15, -0.1) is 0 Å². The quantitative estimate of drug-likeness (QED) is 0.329. The highest BCUT2D eigenvalue weighted by molar-refractivity contribution is 5.76. The van der Waals surface area contributed by atoms with Gasteiger partial charge in [0, 0.05) is 12.8 Å². The summed E-state index contributed by atoms with van der Waals surface area (Å²) < 4.78 is 0. The number of hydrogen-bond acceptors (Lipinski definition) is 6. The smallest absolute Gasteiger partial charge is 0.158 e. The second-order valence-electron chi connectivity index (χ2n) is 8.88. The number of ketones is 2. The summed E-state index contributed by atoms with van der Waals surface area (Å²) in [6.45, 7) is 17.1. The summed E-state index contributed by atoms with van der Waals surface area (Å²) >= 11 is 0. The van der Waals surface area contributed by atoms with Crippen molar-refractivity contribution in [3.05, 3.63) is 0 Å².